The molecule has 2 unspecified atom stereocenters. The Morgan fingerprint density at radius 2 is 2.10 bits per heavy atom. The van der Waals surface area contributed by atoms with E-state index in [9.17, 15) is 0 Å². The van der Waals surface area contributed by atoms with Crippen molar-refractivity contribution >= 4 is 0 Å². The Morgan fingerprint density at radius 1 is 1.35 bits per heavy atom. The van der Waals surface area contributed by atoms with Gasteiger partial charge in [-0.1, -0.05) is 32.0 Å². The third kappa shape index (κ3) is 3.53. The minimum absolute atomic E-state index is 0.462. The minimum Gasteiger partial charge on any atom is -0.494 e. The summed E-state index contributed by atoms with van der Waals surface area (Å²) in [6.45, 7) is 9.43. The number of ether oxygens (including phenoxy) is 1. The maximum absolute atomic E-state index is 5.82. The van der Waals surface area contributed by atoms with Crippen molar-refractivity contribution in [1.82, 2.24) is 10.2 Å². The SMILES string of the molecule is CCOc1ccccc1C1C(CNC(C)C)CCN1C. The fourth-order valence-electron chi connectivity index (χ4n) is 3.13. The van der Waals surface area contributed by atoms with E-state index in [1.54, 1.807) is 0 Å². The first-order valence-corrected chi connectivity index (χ1v) is 7.78. The Hall–Kier alpha value is -1.06. The van der Waals surface area contributed by atoms with Crippen LogP contribution in [0.2, 0.25) is 0 Å². The van der Waals surface area contributed by atoms with Gasteiger partial charge in [-0.25, -0.2) is 0 Å². The highest BCUT2D eigenvalue weighted by atomic mass is 16.5. The molecule has 1 saturated heterocycles. The summed E-state index contributed by atoms with van der Waals surface area (Å²) in [6.07, 6.45) is 1.25. The summed E-state index contributed by atoms with van der Waals surface area (Å²) < 4.78 is 5.82. The van der Waals surface area contributed by atoms with Crippen LogP contribution in [0.25, 0.3) is 0 Å². The third-order valence-electron chi connectivity index (χ3n) is 4.10. The molecule has 0 aliphatic carbocycles. The van der Waals surface area contributed by atoms with Crippen molar-refractivity contribution in [2.24, 2.45) is 5.92 Å². The molecule has 0 aromatic heterocycles. The molecule has 1 aromatic carbocycles. The van der Waals surface area contributed by atoms with E-state index >= 15 is 0 Å². The molecular formula is C17H28N2O. The number of nitrogens with zero attached hydrogens (tertiary/aromatic N) is 1. The Kier molecular flexibility index (Phi) is 5.44. The summed E-state index contributed by atoms with van der Waals surface area (Å²) in [7, 11) is 2.22. The Bertz CT molecular complexity index is 419. The van der Waals surface area contributed by atoms with E-state index in [4.69, 9.17) is 4.74 Å². The standard InChI is InChI=1S/C17H28N2O/c1-5-20-16-9-7-6-8-15(16)17-14(10-11-19(17)4)12-18-13(2)3/h6-9,13-14,17-18H,5,10-12H2,1-4H3. The fourth-order valence-corrected chi connectivity index (χ4v) is 3.13. The quantitative estimate of drug-likeness (QED) is 0.864. The molecular weight excluding hydrogens is 248 g/mol. The second-order valence-corrected chi connectivity index (χ2v) is 6.01. The number of para-hydroxylation sites is 1. The van der Waals surface area contributed by atoms with E-state index in [2.05, 4.69) is 55.4 Å². The van der Waals surface area contributed by atoms with Gasteiger partial charge in [-0.05, 0) is 38.9 Å². The lowest BCUT2D eigenvalue weighted by Gasteiger charge is -2.28. The van der Waals surface area contributed by atoms with Crippen LogP contribution < -0.4 is 10.1 Å². The molecule has 0 bridgehead atoms. The van der Waals surface area contributed by atoms with Gasteiger partial charge in [0.15, 0.2) is 0 Å². The second-order valence-electron chi connectivity index (χ2n) is 6.01. The minimum atomic E-state index is 0.462. The monoisotopic (exact) mass is 276 g/mol. The Balaban J connectivity index is 2.19. The van der Waals surface area contributed by atoms with Crippen molar-refractivity contribution in [1.29, 1.82) is 0 Å². The average Bonchev–Trinajstić information content (AvgIpc) is 2.79. The lowest BCUT2D eigenvalue weighted by Crippen LogP contribution is -2.32. The molecule has 2 rings (SSSR count). The van der Waals surface area contributed by atoms with E-state index in [0.29, 0.717) is 18.0 Å². The van der Waals surface area contributed by atoms with Crippen LogP contribution in [0.5, 0.6) is 5.75 Å². The summed E-state index contributed by atoms with van der Waals surface area (Å²) in [5, 5.41) is 3.59. The molecule has 1 aliphatic rings. The lowest BCUT2D eigenvalue weighted by molar-refractivity contribution is 0.255. The van der Waals surface area contributed by atoms with Crippen molar-refractivity contribution in [3.8, 4) is 5.75 Å². The molecule has 1 aliphatic heterocycles. The van der Waals surface area contributed by atoms with E-state index in [0.717, 1.165) is 25.4 Å². The zero-order chi connectivity index (χ0) is 14.5. The zero-order valence-electron chi connectivity index (χ0n) is 13.2. The van der Waals surface area contributed by atoms with E-state index in [1.807, 2.05) is 6.92 Å². The predicted octanol–water partition coefficient (Wildman–Crippen LogP) is 3.08. The molecule has 1 fully saturated rings. The van der Waals surface area contributed by atoms with Gasteiger partial charge in [0.05, 0.1) is 6.61 Å². The number of hydrogen-bond acceptors (Lipinski definition) is 3. The maximum atomic E-state index is 5.82. The number of hydrogen-bond donors (Lipinski definition) is 1. The molecule has 0 spiro atoms. The largest absolute Gasteiger partial charge is 0.494 e. The molecule has 1 N–H and O–H groups in total. The van der Waals surface area contributed by atoms with Gasteiger partial charge in [-0.15, -0.1) is 0 Å². The highest BCUT2D eigenvalue weighted by Crippen LogP contribution is 2.39. The maximum Gasteiger partial charge on any atom is 0.124 e. The highest BCUT2D eigenvalue weighted by Gasteiger charge is 2.34. The van der Waals surface area contributed by atoms with Crippen LogP contribution in [0.3, 0.4) is 0 Å². The van der Waals surface area contributed by atoms with Crippen LogP contribution in [0.15, 0.2) is 24.3 Å². The molecule has 0 amide bonds. The molecule has 3 heteroatoms. The van der Waals surface area contributed by atoms with Gasteiger partial charge in [0.25, 0.3) is 0 Å². The number of rotatable bonds is 6. The van der Waals surface area contributed by atoms with E-state index in [-0.39, 0.29) is 0 Å². The zero-order valence-corrected chi connectivity index (χ0v) is 13.2. The molecule has 2 atom stereocenters. The summed E-state index contributed by atoms with van der Waals surface area (Å²) in [4.78, 5) is 2.46. The van der Waals surface area contributed by atoms with Crippen molar-refractivity contribution in [2.75, 3.05) is 26.7 Å². The van der Waals surface area contributed by atoms with Gasteiger partial charge in [-0.3, -0.25) is 4.90 Å². The molecule has 20 heavy (non-hydrogen) atoms. The Labute approximate surface area is 123 Å². The van der Waals surface area contributed by atoms with Gasteiger partial charge >= 0.3 is 0 Å². The molecule has 112 valence electrons. The summed E-state index contributed by atoms with van der Waals surface area (Å²) in [6, 6.07) is 9.51. The first kappa shape index (κ1) is 15.3. The number of likely N-dealkylation sites (tertiary alicyclic amines) is 1. The third-order valence-corrected chi connectivity index (χ3v) is 4.10. The highest BCUT2D eigenvalue weighted by molar-refractivity contribution is 5.37. The van der Waals surface area contributed by atoms with Gasteiger partial charge in [0, 0.05) is 24.2 Å². The van der Waals surface area contributed by atoms with Crippen molar-refractivity contribution < 1.29 is 4.74 Å². The lowest BCUT2D eigenvalue weighted by atomic mass is 9.93. The van der Waals surface area contributed by atoms with Crippen molar-refractivity contribution in [3.63, 3.8) is 0 Å². The molecule has 0 saturated carbocycles. The van der Waals surface area contributed by atoms with Gasteiger partial charge in [-0.2, -0.15) is 0 Å². The predicted molar refractivity (Wildman–Crippen MR) is 84.2 cm³/mol. The molecule has 1 heterocycles. The number of nitrogens with one attached hydrogen (secondary N) is 1. The topological polar surface area (TPSA) is 24.5 Å². The summed E-state index contributed by atoms with van der Waals surface area (Å²) in [5.41, 5.74) is 1.34. The Morgan fingerprint density at radius 3 is 2.80 bits per heavy atom. The fraction of sp³-hybridized carbons (Fsp3) is 0.647. The van der Waals surface area contributed by atoms with Crippen LogP contribution in [0.4, 0.5) is 0 Å². The molecule has 0 radical (unpaired) electrons. The first-order chi connectivity index (χ1) is 9.63. The van der Waals surface area contributed by atoms with E-state index < -0.39 is 0 Å². The second kappa shape index (κ2) is 7.09. The van der Waals surface area contributed by atoms with E-state index in [1.165, 1.54) is 12.0 Å². The van der Waals surface area contributed by atoms with Crippen LogP contribution in [0, 0.1) is 5.92 Å². The van der Waals surface area contributed by atoms with Gasteiger partial charge in [0.1, 0.15) is 5.75 Å². The smallest absolute Gasteiger partial charge is 0.124 e. The first-order valence-electron chi connectivity index (χ1n) is 7.78. The van der Waals surface area contributed by atoms with Crippen molar-refractivity contribution in [2.45, 2.75) is 39.3 Å². The van der Waals surface area contributed by atoms with Gasteiger partial charge < -0.3 is 10.1 Å². The van der Waals surface area contributed by atoms with Crippen LogP contribution in [0.1, 0.15) is 38.8 Å². The van der Waals surface area contributed by atoms with Gasteiger partial charge in [0.2, 0.25) is 0 Å². The van der Waals surface area contributed by atoms with Crippen LogP contribution >= 0.6 is 0 Å². The average molecular weight is 276 g/mol. The summed E-state index contributed by atoms with van der Waals surface area (Å²) in [5.74, 6) is 1.70. The number of benzene rings is 1. The van der Waals surface area contributed by atoms with Crippen LogP contribution in [-0.4, -0.2) is 37.7 Å². The summed E-state index contributed by atoms with van der Waals surface area (Å²) >= 11 is 0. The normalized spacial score (nSPS) is 23.4. The molecule has 1 aromatic rings. The van der Waals surface area contributed by atoms with Crippen molar-refractivity contribution in [3.05, 3.63) is 29.8 Å². The van der Waals surface area contributed by atoms with Crippen LogP contribution in [-0.2, 0) is 0 Å². The molecule has 3 nitrogen and oxygen atoms in total.